The highest BCUT2D eigenvalue weighted by atomic mass is 16.5. The molecule has 4 aromatic rings. The lowest BCUT2D eigenvalue weighted by Gasteiger charge is -2.26. The number of carbonyl (C=O) groups excluding carboxylic acids is 3. The second kappa shape index (κ2) is 18.0. The lowest BCUT2D eigenvalue weighted by atomic mass is 9.98. The van der Waals surface area contributed by atoms with Crippen LogP contribution >= 0.6 is 0 Å². The molecule has 0 saturated heterocycles. The monoisotopic (exact) mass is 663 g/mol. The predicted molar refractivity (Wildman–Crippen MR) is 189 cm³/mol. The van der Waals surface area contributed by atoms with Gasteiger partial charge in [-0.15, -0.1) is 0 Å². The van der Waals surface area contributed by atoms with E-state index < -0.39 is 30.1 Å². The largest absolute Gasteiger partial charge is 0.459 e. The summed E-state index contributed by atoms with van der Waals surface area (Å²) >= 11 is 0. The highest BCUT2D eigenvalue weighted by molar-refractivity contribution is 5.88. The number of esters is 1. The van der Waals surface area contributed by atoms with Crippen molar-refractivity contribution < 1.29 is 28.6 Å². The van der Waals surface area contributed by atoms with Crippen molar-refractivity contribution in [3.05, 3.63) is 131 Å². The molecule has 0 radical (unpaired) electrons. The Morgan fingerprint density at radius 1 is 0.714 bits per heavy atom. The molecule has 3 N–H and O–H groups in total. The minimum atomic E-state index is -0.835. The molecule has 0 bridgehead atoms. The molecule has 0 aliphatic heterocycles. The van der Waals surface area contributed by atoms with E-state index in [1.165, 1.54) is 0 Å². The summed E-state index contributed by atoms with van der Waals surface area (Å²) < 4.78 is 17.2. The summed E-state index contributed by atoms with van der Waals surface area (Å²) in [6.45, 7) is 5.05. The summed E-state index contributed by atoms with van der Waals surface area (Å²) in [5.74, 6) is -1.08. The number of alkyl carbamates (subject to hydrolysis) is 1. The zero-order valence-corrected chi connectivity index (χ0v) is 28.1. The third kappa shape index (κ3) is 9.78. The van der Waals surface area contributed by atoms with Crippen LogP contribution < -0.4 is 16.0 Å². The van der Waals surface area contributed by atoms with Gasteiger partial charge >= 0.3 is 12.1 Å². The van der Waals surface area contributed by atoms with Crippen LogP contribution in [0, 0.1) is 5.92 Å². The fourth-order valence-electron chi connectivity index (χ4n) is 5.90. The number of hydrogen-bond acceptors (Lipinski definition) is 7. The molecule has 2 amide bonds. The molecular weight excluding hydrogens is 618 g/mol. The highest BCUT2D eigenvalue weighted by Crippen LogP contribution is 2.44. The van der Waals surface area contributed by atoms with Crippen LogP contribution in [0.1, 0.15) is 48.4 Å². The molecule has 256 valence electrons. The van der Waals surface area contributed by atoms with Crippen molar-refractivity contribution >= 4 is 18.0 Å². The van der Waals surface area contributed by atoms with Crippen LogP contribution in [0.25, 0.3) is 11.1 Å². The third-order valence-corrected chi connectivity index (χ3v) is 8.83. The predicted octanol–water partition coefficient (Wildman–Crippen LogP) is 5.97. The maximum atomic E-state index is 13.6. The van der Waals surface area contributed by atoms with Crippen molar-refractivity contribution in [3.8, 4) is 11.1 Å². The molecule has 5 rings (SSSR count). The van der Waals surface area contributed by atoms with Crippen LogP contribution in [-0.4, -0.2) is 56.4 Å². The Labute approximate surface area is 288 Å². The highest BCUT2D eigenvalue weighted by Gasteiger charge is 2.31. The first-order valence-corrected chi connectivity index (χ1v) is 16.9. The molecule has 0 unspecified atom stereocenters. The van der Waals surface area contributed by atoms with E-state index in [9.17, 15) is 14.4 Å². The van der Waals surface area contributed by atoms with E-state index in [4.69, 9.17) is 14.2 Å². The van der Waals surface area contributed by atoms with E-state index in [1.54, 1.807) is 0 Å². The van der Waals surface area contributed by atoms with Crippen LogP contribution in [0.4, 0.5) is 4.79 Å². The fourth-order valence-corrected chi connectivity index (χ4v) is 5.90. The van der Waals surface area contributed by atoms with Crippen molar-refractivity contribution in [2.75, 3.05) is 26.3 Å². The number of fused-ring (bicyclic) bond motifs is 3. The number of nitrogens with one attached hydrogen (secondary N) is 3. The van der Waals surface area contributed by atoms with Gasteiger partial charge in [-0.2, -0.15) is 0 Å². The minimum Gasteiger partial charge on any atom is -0.459 e. The number of benzene rings is 4. The lowest BCUT2D eigenvalue weighted by Crippen LogP contribution is -2.55. The van der Waals surface area contributed by atoms with E-state index >= 15 is 0 Å². The quantitative estimate of drug-likeness (QED) is 0.0942. The average Bonchev–Trinajstić information content (AvgIpc) is 3.46. The van der Waals surface area contributed by atoms with Crippen LogP contribution in [0.3, 0.4) is 0 Å². The van der Waals surface area contributed by atoms with E-state index in [-0.39, 0.29) is 44.7 Å². The second-order valence-corrected chi connectivity index (χ2v) is 12.2. The van der Waals surface area contributed by atoms with Gasteiger partial charge in [-0.25, -0.2) is 9.59 Å². The Morgan fingerprint density at radius 2 is 1.29 bits per heavy atom. The van der Waals surface area contributed by atoms with E-state index in [0.717, 1.165) is 33.4 Å². The lowest BCUT2D eigenvalue weighted by molar-refractivity contribution is -0.151. The second-order valence-electron chi connectivity index (χ2n) is 12.2. The molecular formula is C40H45N3O6. The summed E-state index contributed by atoms with van der Waals surface area (Å²) in [7, 11) is 0. The minimum absolute atomic E-state index is 0.0380. The Kier molecular flexibility index (Phi) is 12.9. The van der Waals surface area contributed by atoms with Crippen LogP contribution in [0.2, 0.25) is 0 Å². The molecule has 49 heavy (non-hydrogen) atoms. The molecule has 9 nitrogen and oxygen atoms in total. The van der Waals surface area contributed by atoms with Crippen LogP contribution in [0.5, 0.6) is 0 Å². The van der Waals surface area contributed by atoms with Gasteiger partial charge in [0.15, 0.2) is 0 Å². The topological polar surface area (TPSA) is 115 Å². The summed E-state index contributed by atoms with van der Waals surface area (Å²) in [4.78, 5) is 39.5. The molecule has 3 atom stereocenters. The molecule has 0 spiro atoms. The van der Waals surface area contributed by atoms with E-state index in [1.807, 2.05) is 98.8 Å². The zero-order valence-electron chi connectivity index (χ0n) is 28.1. The van der Waals surface area contributed by atoms with Gasteiger partial charge < -0.3 is 30.2 Å². The Bertz CT molecular complexity index is 1620. The van der Waals surface area contributed by atoms with Crippen molar-refractivity contribution in [2.24, 2.45) is 5.92 Å². The summed E-state index contributed by atoms with van der Waals surface area (Å²) in [5, 5.41) is 8.87. The molecule has 0 saturated carbocycles. The number of amides is 2. The maximum Gasteiger partial charge on any atom is 0.407 e. The molecule has 4 aromatic carbocycles. The van der Waals surface area contributed by atoms with Gasteiger partial charge in [0.25, 0.3) is 0 Å². The average molecular weight is 664 g/mol. The molecule has 9 heteroatoms. The van der Waals surface area contributed by atoms with Crippen molar-refractivity contribution in [2.45, 2.75) is 51.5 Å². The molecule has 0 fully saturated rings. The van der Waals surface area contributed by atoms with Gasteiger partial charge in [0.1, 0.15) is 25.3 Å². The molecule has 1 aliphatic rings. The number of ether oxygens (including phenoxy) is 3. The first-order chi connectivity index (χ1) is 23.9. The molecule has 0 aromatic heterocycles. The first kappa shape index (κ1) is 35.3. The maximum absolute atomic E-state index is 13.6. The van der Waals surface area contributed by atoms with Crippen LogP contribution in [-0.2, 0) is 37.0 Å². The number of rotatable bonds is 17. The van der Waals surface area contributed by atoms with Gasteiger partial charge in [-0.1, -0.05) is 129 Å². The normalized spacial score (nSPS) is 13.8. The van der Waals surface area contributed by atoms with Gasteiger partial charge in [-0.3, -0.25) is 4.79 Å². The standard InChI is InChI=1S/C40H45N3O6/c1-3-28(2)37(39(45)48-25-30-16-8-5-9-17-30)43-38(44)36(27-47-24-29-14-6-4-7-15-29)41-22-23-42-40(46)49-26-35-33-20-12-10-18-31(33)32-19-11-13-21-34(32)35/h4-21,28,35-37,41H,3,22-27H2,1-2H3,(H,42,46)(H,43,44)/t28-,36-,37-/m0/s1. The van der Waals surface area contributed by atoms with Gasteiger partial charge in [0.05, 0.1) is 13.2 Å². The Balaban J connectivity index is 1.14. The summed E-state index contributed by atoms with van der Waals surface area (Å²) in [6, 6.07) is 33.8. The van der Waals surface area contributed by atoms with Gasteiger partial charge in [0.2, 0.25) is 5.91 Å². The SMILES string of the molecule is CC[C@H](C)[C@H](NC(=O)[C@H](COCc1ccccc1)NCCNC(=O)OCC1c2ccccc2-c2ccccc21)C(=O)OCc1ccccc1. The van der Waals surface area contributed by atoms with E-state index in [2.05, 4.69) is 40.2 Å². The Hall–Kier alpha value is -4.99. The van der Waals surface area contributed by atoms with Crippen molar-refractivity contribution in [1.82, 2.24) is 16.0 Å². The fraction of sp³-hybridized carbons (Fsp3) is 0.325. The Morgan fingerprint density at radius 3 is 1.90 bits per heavy atom. The molecule has 1 aliphatic carbocycles. The smallest absolute Gasteiger partial charge is 0.407 e. The van der Waals surface area contributed by atoms with Crippen molar-refractivity contribution in [1.29, 1.82) is 0 Å². The van der Waals surface area contributed by atoms with E-state index in [0.29, 0.717) is 13.0 Å². The summed E-state index contributed by atoms with van der Waals surface area (Å²) in [6.07, 6.45) is 0.126. The van der Waals surface area contributed by atoms with Gasteiger partial charge in [0, 0.05) is 19.0 Å². The van der Waals surface area contributed by atoms with Gasteiger partial charge in [-0.05, 0) is 39.3 Å². The third-order valence-electron chi connectivity index (χ3n) is 8.83. The first-order valence-electron chi connectivity index (χ1n) is 16.9. The zero-order chi connectivity index (χ0) is 34.4. The number of carbonyl (C=O) groups is 3. The molecule has 0 heterocycles. The number of hydrogen-bond donors (Lipinski definition) is 3. The van der Waals surface area contributed by atoms with Crippen molar-refractivity contribution in [3.63, 3.8) is 0 Å². The summed E-state index contributed by atoms with van der Waals surface area (Å²) in [5.41, 5.74) is 6.44. The van der Waals surface area contributed by atoms with Crippen LogP contribution in [0.15, 0.2) is 109 Å².